The van der Waals surface area contributed by atoms with Gasteiger partial charge in [-0.15, -0.1) is 0 Å². The third kappa shape index (κ3) is 3.18. The number of anilines is 1. The van der Waals surface area contributed by atoms with Crippen molar-refractivity contribution in [1.29, 1.82) is 0 Å². The molecule has 27 heavy (non-hydrogen) atoms. The summed E-state index contributed by atoms with van der Waals surface area (Å²) < 4.78 is 4.14. The van der Waals surface area contributed by atoms with Crippen LogP contribution in [0.25, 0.3) is 16.9 Å². The van der Waals surface area contributed by atoms with Gasteiger partial charge in [0, 0.05) is 49.7 Å². The highest BCUT2D eigenvalue weighted by molar-refractivity contribution is 5.66. The van der Waals surface area contributed by atoms with Crippen molar-refractivity contribution in [2.45, 2.75) is 19.4 Å². The van der Waals surface area contributed by atoms with Crippen LogP contribution in [0.2, 0.25) is 0 Å². The van der Waals surface area contributed by atoms with Gasteiger partial charge in [0.25, 0.3) is 0 Å². The van der Waals surface area contributed by atoms with Crippen LogP contribution in [0.5, 0.6) is 0 Å². The molecular formula is C21H22N6. The molecule has 0 spiro atoms. The lowest BCUT2D eigenvalue weighted by Gasteiger charge is -2.34. The summed E-state index contributed by atoms with van der Waals surface area (Å²) in [4.78, 5) is 11.4. The van der Waals surface area contributed by atoms with Crippen molar-refractivity contribution in [1.82, 2.24) is 24.1 Å². The molecule has 1 saturated heterocycles. The number of aromatic nitrogens is 5. The molecular weight excluding hydrogens is 336 g/mol. The minimum absolute atomic E-state index is 0.604. The average molecular weight is 358 g/mol. The fourth-order valence-electron chi connectivity index (χ4n) is 3.99. The Morgan fingerprint density at radius 3 is 2.85 bits per heavy atom. The topological polar surface area (TPSA) is 51.2 Å². The number of benzene rings is 1. The zero-order valence-electron chi connectivity index (χ0n) is 15.1. The Morgan fingerprint density at radius 1 is 1.07 bits per heavy atom. The minimum Gasteiger partial charge on any atom is -0.356 e. The van der Waals surface area contributed by atoms with Gasteiger partial charge in [0.2, 0.25) is 0 Å². The van der Waals surface area contributed by atoms with E-state index in [2.05, 4.69) is 49.9 Å². The lowest BCUT2D eigenvalue weighted by atomic mass is 9.98. The van der Waals surface area contributed by atoms with Crippen molar-refractivity contribution >= 4 is 11.5 Å². The van der Waals surface area contributed by atoms with Gasteiger partial charge in [-0.2, -0.15) is 9.61 Å². The molecule has 3 aromatic heterocycles. The molecule has 1 unspecified atom stereocenters. The SMILES string of the molecule is c1ccc(-c2cc(N3CCCC(Cn4ccnc4)C3)n3nccc3n2)cc1. The van der Waals surface area contributed by atoms with E-state index in [-0.39, 0.29) is 0 Å². The van der Waals surface area contributed by atoms with E-state index in [9.17, 15) is 0 Å². The van der Waals surface area contributed by atoms with E-state index >= 15 is 0 Å². The maximum atomic E-state index is 4.80. The Kier molecular flexibility index (Phi) is 4.08. The number of nitrogens with zero attached hydrogens (tertiary/aromatic N) is 6. The van der Waals surface area contributed by atoms with Crippen LogP contribution in [-0.4, -0.2) is 37.2 Å². The molecule has 5 rings (SSSR count). The molecule has 1 fully saturated rings. The molecule has 6 nitrogen and oxygen atoms in total. The summed E-state index contributed by atoms with van der Waals surface area (Å²) in [5.41, 5.74) is 3.02. The van der Waals surface area contributed by atoms with Crippen LogP contribution in [0.15, 0.2) is 67.4 Å². The van der Waals surface area contributed by atoms with Crippen LogP contribution in [0, 0.1) is 5.92 Å². The number of imidazole rings is 1. The Labute approximate surface area is 158 Å². The van der Waals surface area contributed by atoms with Gasteiger partial charge in [0.15, 0.2) is 5.65 Å². The molecule has 0 aliphatic carbocycles. The van der Waals surface area contributed by atoms with Crippen LogP contribution in [0.4, 0.5) is 5.82 Å². The molecule has 1 aliphatic rings. The fourth-order valence-corrected chi connectivity index (χ4v) is 3.99. The Balaban J connectivity index is 1.49. The molecule has 0 bridgehead atoms. The summed E-state index contributed by atoms with van der Waals surface area (Å²) >= 11 is 0. The van der Waals surface area contributed by atoms with E-state index in [4.69, 9.17) is 4.98 Å². The first-order valence-electron chi connectivity index (χ1n) is 9.48. The summed E-state index contributed by atoms with van der Waals surface area (Å²) in [6.45, 7) is 3.08. The minimum atomic E-state index is 0.604. The van der Waals surface area contributed by atoms with Crippen molar-refractivity contribution < 1.29 is 0 Å². The first kappa shape index (κ1) is 16.1. The molecule has 136 valence electrons. The van der Waals surface area contributed by atoms with Gasteiger partial charge in [-0.25, -0.2) is 9.97 Å². The molecule has 6 heteroatoms. The second kappa shape index (κ2) is 6.87. The van der Waals surface area contributed by atoms with E-state index in [0.717, 1.165) is 42.4 Å². The molecule has 0 radical (unpaired) electrons. The van der Waals surface area contributed by atoms with Crippen molar-refractivity contribution in [2.75, 3.05) is 18.0 Å². The van der Waals surface area contributed by atoms with Crippen molar-refractivity contribution in [3.8, 4) is 11.3 Å². The maximum Gasteiger partial charge on any atom is 0.157 e. The van der Waals surface area contributed by atoms with E-state index in [1.54, 1.807) is 0 Å². The predicted molar refractivity (Wildman–Crippen MR) is 106 cm³/mol. The molecule has 0 amide bonds. The predicted octanol–water partition coefficient (Wildman–Crippen LogP) is 3.51. The summed E-state index contributed by atoms with van der Waals surface area (Å²) in [5, 5.41) is 4.53. The van der Waals surface area contributed by atoms with E-state index in [1.807, 2.05) is 41.6 Å². The van der Waals surface area contributed by atoms with Crippen LogP contribution >= 0.6 is 0 Å². The van der Waals surface area contributed by atoms with Crippen LogP contribution in [0.1, 0.15) is 12.8 Å². The highest BCUT2D eigenvalue weighted by Crippen LogP contribution is 2.28. The lowest BCUT2D eigenvalue weighted by Crippen LogP contribution is -2.38. The van der Waals surface area contributed by atoms with Crippen LogP contribution in [0.3, 0.4) is 0 Å². The molecule has 4 aromatic rings. The normalized spacial score (nSPS) is 17.5. The third-order valence-corrected chi connectivity index (χ3v) is 5.28. The molecule has 4 heterocycles. The van der Waals surface area contributed by atoms with Gasteiger partial charge in [-0.3, -0.25) is 0 Å². The number of rotatable bonds is 4. The highest BCUT2D eigenvalue weighted by Gasteiger charge is 2.23. The number of hydrogen-bond acceptors (Lipinski definition) is 4. The second-order valence-electron chi connectivity index (χ2n) is 7.18. The monoisotopic (exact) mass is 358 g/mol. The van der Waals surface area contributed by atoms with Crippen LogP contribution in [-0.2, 0) is 6.54 Å². The first-order valence-corrected chi connectivity index (χ1v) is 9.48. The zero-order valence-corrected chi connectivity index (χ0v) is 15.1. The zero-order chi connectivity index (χ0) is 18.1. The molecule has 1 aliphatic heterocycles. The van der Waals surface area contributed by atoms with Crippen molar-refractivity contribution in [3.05, 3.63) is 67.4 Å². The van der Waals surface area contributed by atoms with Crippen molar-refractivity contribution in [2.24, 2.45) is 5.92 Å². The molecule has 1 atom stereocenters. The second-order valence-corrected chi connectivity index (χ2v) is 7.18. The van der Waals surface area contributed by atoms with E-state index < -0.39 is 0 Å². The molecule has 0 saturated carbocycles. The van der Waals surface area contributed by atoms with Gasteiger partial charge < -0.3 is 9.47 Å². The largest absolute Gasteiger partial charge is 0.356 e. The summed E-state index contributed by atoms with van der Waals surface area (Å²) in [6.07, 6.45) is 10.1. The fraction of sp³-hybridized carbons (Fsp3) is 0.286. The number of fused-ring (bicyclic) bond motifs is 1. The Morgan fingerprint density at radius 2 is 2.00 bits per heavy atom. The van der Waals surface area contributed by atoms with Crippen molar-refractivity contribution in [3.63, 3.8) is 0 Å². The van der Waals surface area contributed by atoms with Gasteiger partial charge in [0.1, 0.15) is 5.82 Å². The standard InChI is InChI=1S/C21H22N6/c1-2-6-18(7-3-1)19-13-21(27-20(24-19)8-9-23-27)26-11-4-5-17(15-26)14-25-12-10-22-16-25/h1-3,6-10,12-13,16-17H,4-5,11,14-15H2. The Hall–Kier alpha value is -3.15. The third-order valence-electron chi connectivity index (χ3n) is 5.28. The first-order chi connectivity index (χ1) is 13.4. The van der Waals surface area contributed by atoms with Crippen LogP contribution < -0.4 is 4.90 Å². The van der Waals surface area contributed by atoms with E-state index in [0.29, 0.717) is 5.92 Å². The number of hydrogen-bond donors (Lipinski definition) is 0. The Bertz CT molecular complexity index is 1020. The summed E-state index contributed by atoms with van der Waals surface area (Å²) in [7, 11) is 0. The maximum absolute atomic E-state index is 4.80. The average Bonchev–Trinajstić information content (AvgIpc) is 3.40. The quantitative estimate of drug-likeness (QED) is 0.560. The van der Waals surface area contributed by atoms with Gasteiger partial charge in [0.05, 0.1) is 18.2 Å². The molecule has 0 N–H and O–H groups in total. The van der Waals surface area contributed by atoms with Gasteiger partial charge in [-0.1, -0.05) is 30.3 Å². The molecule has 1 aromatic carbocycles. The smallest absolute Gasteiger partial charge is 0.157 e. The lowest BCUT2D eigenvalue weighted by molar-refractivity contribution is 0.364. The highest BCUT2D eigenvalue weighted by atomic mass is 15.3. The summed E-state index contributed by atoms with van der Waals surface area (Å²) in [6, 6.07) is 14.5. The number of piperidine rings is 1. The van der Waals surface area contributed by atoms with Gasteiger partial charge >= 0.3 is 0 Å². The van der Waals surface area contributed by atoms with E-state index in [1.165, 1.54) is 12.8 Å². The van der Waals surface area contributed by atoms with Gasteiger partial charge in [-0.05, 0) is 18.8 Å². The summed E-state index contributed by atoms with van der Waals surface area (Å²) in [5.74, 6) is 1.73.